The molecule has 1 amide bonds. The van der Waals surface area contributed by atoms with Gasteiger partial charge in [-0.05, 0) is 30.7 Å². The number of aliphatic carboxylic acids is 1. The van der Waals surface area contributed by atoms with E-state index in [1.807, 2.05) is 37.3 Å². The predicted octanol–water partition coefficient (Wildman–Crippen LogP) is 3.73. The van der Waals surface area contributed by atoms with Gasteiger partial charge in [0.25, 0.3) is 0 Å². The summed E-state index contributed by atoms with van der Waals surface area (Å²) < 4.78 is 5.28. The molecule has 0 spiro atoms. The molecule has 1 aliphatic rings. The van der Waals surface area contributed by atoms with E-state index >= 15 is 0 Å². The van der Waals surface area contributed by atoms with Crippen molar-refractivity contribution in [1.29, 1.82) is 0 Å². The van der Waals surface area contributed by atoms with Crippen molar-refractivity contribution in [2.75, 3.05) is 0 Å². The van der Waals surface area contributed by atoms with Crippen LogP contribution in [0.2, 0.25) is 0 Å². The third-order valence-corrected chi connectivity index (χ3v) is 4.80. The highest BCUT2D eigenvalue weighted by molar-refractivity contribution is 5.73. The van der Waals surface area contributed by atoms with Crippen molar-refractivity contribution in [1.82, 2.24) is 5.32 Å². The van der Waals surface area contributed by atoms with Gasteiger partial charge in [-0.1, -0.05) is 50.1 Å². The van der Waals surface area contributed by atoms with Crippen LogP contribution in [0, 0.1) is 5.92 Å². The van der Waals surface area contributed by atoms with Crippen LogP contribution in [0.4, 0.5) is 4.79 Å². The number of nitrogens with one attached hydrogen (secondary N) is 1. The van der Waals surface area contributed by atoms with Crippen LogP contribution in [0.15, 0.2) is 30.3 Å². The number of hydrogen-bond acceptors (Lipinski definition) is 3. The summed E-state index contributed by atoms with van der Waals surface area (Å²) in [5, 5.41) is 12.2. The quantitative estimate of drug-likeness (QED) is 0.803. The zero-order chi connectivity index (χ0) is 16.7. The molecule has 126 valence electrons. The van der Waals surface area contributed by atoms with Gasteiger partial charge in [0.05, 0.1) is 12.0 Å². The number of ether oxygens (including phenoxy) is 1. The summed E-state index contributed by atoms with van der Waals surface area (Å²) in [5.41, 5.74) is 0.194. The topological polar surface area (TPSA) is 75.6 Å². The molecule has 0 heterocycles. The highest BCUT2D eigenvalue weighted by Gasteiger charge is 2.42. The Hall–Kier alpha value is -2.04. The Morgan fingerprint density at radius 3 is 2.48 bits per heavy atom. The number of rotatable bonds is 7. The average Bonchev–Trinajstić information content (AvgIpc) is 3.08. The number of hydrogen-bond donors (Lipinski definition) is 2. The molecule has 23 heavy (non-hydrogen) atoms. The van der Waals surface area contributed by atoms with Crippen molar-refractivity contribution in [3.8, 4) is 0 Å². The Morgan fingerprint density at radius 1 is 1.26 bits per heavy atom. The molecule has 2 rings (SSSR count). The van der Waals surface area contributed by atoms with E-state index in [2.05, 4.69) is 5.32 Å². The van der Waals surface area contributed by atoms with Crippen molar-refractivity contribution < 1.29 is 19.4 Å². The molecule has 1 unspecified atom stereocenters. The van der Waals surface area contributed by atoms with Gasteiger partial charge in [-0.2, -0.15) is 0 Å². The fraction of sp³-hybridized carbons (Fsp3) is 0.556. The van der Waals surface area contributed by atoms with Crippen LogP contribution >= 0.6 is 0 Å². The minimum absolute atomic E-state index is 0.0609. The first-order chi connectivity index (χ1) is 11.1. The van der Waals surface area contributed by atoms with Crippen molar-refractivity contribution in [3.63, 3.8) is 0 Å². The molecule has 2 N–H and O–H groups in total. The highest BCUT2D eigenvalue weighted by Crippen LogP contribution is 2.38. The molecule has 1 fully saturated rings. The summed E-state index contributed by atoms with van der Waals surface area (Å²) in [5.74, 6) is -0.685. The molecule has 0 bridgehead atoms. The zero-order valence-corrected chi connectivity index (χ0v) is 13.6. The van der Waals surface area contributed by atoms with Crippen molar-refractivity contribution in [3.05, 3.63) is 35.9 Å². The van der Waals surface area contributed by atoms with E-state index in [1.54, 1.807) is 0 Å². The standard InChI is InChI=1S/C18H25NO4/c1-2-18(12-16(20)21,15-10-6-7-11-15)19-17(22)23-13-14-8-4-3-5-9-14/h3-5,8-9,15H,2,6-7,10-13H2,1H3,(H,19,22)(H,20,21). The van der Waals surface area contributed by atoms with E-state index in [0.717, 1.165) is 31.2 Å². The first kappa shape index (κ1) is 17.3. The van der Waals surface area contributed by atoms with E-state index in [1.165, 1.54) is 0 Å². The Labute approximate surface area is 137 Å². The molecule has 0 aromatic heterocycles. The number of carboxylic acid groups (broad SMARTS) is 1. The molecular formula is C18H25NO4. The summed E-state index contributed by atoms with van der Waals surface area (Å²) in [4.78, 5) is 23.5. The lowest BCUT2D eigenvalue weighted by Gasteiger charge is -2.37. The van der Waals surface area contributed by atoms with E-state index in [-0.39, 0.29) is 18.9 Å². The third kappa shape index (κ3) is 4.71. The highest BCUT2D eigenvalue weighted by atomic mass is 16.5. The number of carbonyl (C=O) groups is 2. The number of carbonyl (C=O) groups excluding carboxylic acids is 1. The van der Waals surface area contributed by atoms with Crippen molar-refractivity contribution in [2.45, 2.75) is 57.6 Å². The van der Waals surface area contributed by atoms with Gasteiger partial charge in [0.15, 0.2) is 0 Å². The summed E-state index contributed by atoms with van der Waals surface area (Å²) in [6.45, 7) is 2.11. The van der Waals surface area contributed by atoms with Crippen LogP contribution < -0.4 is 5.32 Å². The summed E-state index contributed by atoms with van der Waals surface area (Å²) >= 11 is 0. The number of carboxylic acids is 1. The van der Waals surface area contributed by atoms with Crippen LogP contribution in [-0.4, -0.2) is 22.7 Å². The first-order valence-corrected chi connectivity index (χ1v) is 8.26. The molecule has 1 aromatic rings. The van der Waals surface area contributed by atoms with E-state index in [0.29, 0.717) is 6.42 Å². The van der Waals surface area contributed by atoms with Crippen LogP contribution in [0.1, 0.15) is 51.0 Å². The van der Waals surface area contributed by atoms with Crippen LogP contribution in [0.3, 0.4) is 0 Å². The predicted molar refractivity (Wildman–Crippen MR) is 87.0 cm³/mol. The average molecular weight is 319 g/mol. The fourth-order valence-corrected chi connectivity index (χ4v) is 3.50. The number of benzene rings is 1. The zero-order valence-electron chi connectivity index (χ0n) is 13.6. The molecule has 0 saturated heterocycles. The lowest BCUT2D eigenvalue weighted by molar-refractivity contribution is -0.139. The summed E-state index contributed by atoms with van der Waals surface area (Å²) in [7, 11) is 0. The second-order valence-electron chi connectivity index (χ2n) is 6.25. The minimum atomic E-state index is -0.887. The summed E-state index contributed by atoms with van der Waals surface area (Å²) in [6, 6.07) is 9.44. The normalized spacial score (nSPS) is 17.4. The van der Waals surface area contributed by atoms with Gasteiger partial charge < -0.3 is 15.2 Å². The molecular weight excluding hydrogens is 294 g/mol. The molecule has 0 aliphatic heterocycles. The Kier molecular flexibility index (Phi) is 6.02. The Balaban J connectivity index is 2.00. The van der Waals surface area contributed by atoms with Crippen LogP contribution in [0.25, 0.3) is 0 Å². The molecule has 5 nitrogen and oxygen atoms in total. The Bertz CT molecular complexity index is 525. The summed E-state index contributed by atoms with van der Waals surface area (Å²) in [6.07, 6.45) is 4.09. The third-order valence-electron chi connectivity index (χ3n) is 4.80. The SMILES string of the molecule is CCC(CC(=O)O)(NC(=O)OCc1ccccc1)C1CCCC1. The molecule has 1 atom stereocenters. The van der Waals surface area contributed by atoms with E-state index in [9.17, 15) is 14.7 Å². The minimum Gasteiger partial charge on any atom is -0.481 e. The molecule has 1 aliphatic carbocycles. The molecule has 5 heteroatoms. The number of alkyl carbamates (subject to hydrolysis) is 1. The van der Waals surface area contributed by atoms with Crippen LogP contribution in [-0.2, 0) is 16.1 Å². The van der Waals surface area contributed by atoms with Gasteiger partial charge >= 0.3 is 12.1 Å². The van der Waals surface area contributed by atoms with Crippen LogP contribution in [0.5, 0.6) is 0 Å². The number of amides is 1. The van der Waals surface area contributed by atoms with Gasteiger partial charge in [-0.15, -0.1) is 0 Å². The molecule has 0 radical (unpaired) electrons. The van der Waals surface area contributed by atoms with Gasteiger partial charge in [0, 0.05) is 0 Å². The maximum atomic E-state index is 12.2. The maximum absolute atomic E-state index is 12.2. The van der Waals surface area contributed by atoms with Gasteiger partial charge in [0.1, 0.15) is 6.61 Å². The van der Waals surface area contributed by atoms with Gasteiger partial charge in [-0.25, -0.2) is 4.79 Å². The second-order valence-corrected chi connectivity index (χ2v) is 6.25. The van der Waals surface area contributed by atoms with Crippen molar-refractivity contribution in [2.24, 2.45) is 5.92 Å². The fourth-order valence-electron chi connectivity index (χ4n) is 3.50. The lowest BCUT2D eigenvalue weighted by atomic mass is 9.78. The second kappa shape index (κ2) is 7.99. The lowest BCUT2D eigenvalue weighted by Crippen LogP contribution is -2.54. The Morgan fingerprint density at radius 2 is 1.91 bits per heavy atom. The monoisotopic (exact) mass is 319 g/mol. The molecule has 1 saturated carbocycles. The largest absolute Gasteiger partial charge is 0.481 e. The van der Waals surface area contributed by atoms with Crippen molar-refractivity contribution >= 4 is 12.1 Å². The maximum Gasteiger partial charge on any atom is 0.407 e. The molecule has 1 aromatic carbocycles. The first-order valence-electron chi connectivity index (χ1n) is 8.26. The van der Waals surface area contributed by atoms with E-state index in [4.69, 9.17) is 4.74 Å². The smallest absolute Gasteiger partial charge is 0.407 e. The van der Waals surface area contributed by atoms with Gasteiger partial charge in [-0.3, -0.25) is 4.79 Å². The van der Waals surface area contributed by atoms with Gasteiger partial charge in [0.2, 0.25) is 0 Å². The van der Waals surface area contributed by atoms with E-state index < -0.39 is 17.6 Å².